The summed E-state index contributed by atoms with van der Waals surface area (Å²) in [4.78, 5) is 4.27. The molecule has 2 aromatic heterocycles. The predicted molar refractivity (Wildman–Crippen MR) is 62.4 cm³/mol. The minimum atomic E-state index is 0.114. The van der Waals surface area contributed by atoms with Gasteiger partial charge in [0, 0.05) is 24.2 Å². The van der Waals surface area contributed by atoms with E-state index in [0.717, 1.165) is 12.1 Å². The van der Waals surface area contributed by atoms with Crippen LogP contribution in [0, 0.1) is 0 Å². The summed E-state index contributed by atoms with van der Waals surface area (Å²) >= 11 is 0. The SMILES string of the molecule is CC(N)Cc1ccc(OCc2ccno2)cn1. The summed E-state index contributed by atoms with van der Waals surface area (Å²) in [6.07, 6.45) is 4.04. The van der Waals surface area contributed by atoms with Crippen molar-refractivity contribution in [2.75, 3.05) is 0 Å². The molecule has 2 rings (SSSR count). The highest BCUT2D eigenvalue weighted by atomic mass is 16.5. The first-order chi connectivity index (χ1) is 8.24. The Morgan fingerprint density at radius 2 is 2.29 bits per heavy atom. The fraction of sp³-hybridized carbons (Fsp3) is 0.333. The maximum atomic E-state index is 5.69. The molecule has 5 heteroatoms. The number of hydrogen-bond donors (Lipinski definition) is 1. The molecule has 1 atom stereocenters. The highest BCUT2D eigenvalue weighted by molar-refractivity contribution is 5.20. The standard InChI is InChI=1S/C12H15N3O2/c1-9(13)6-10-2-3-11(7-14-10)16-8-12-4-5-15-17-12/h2-5,7,9H,6,8,13H2,1H3. The van der Waals surface area contributed by atoms with Crippen LogP contribution < -0.4 is 10.5 Å². The van der Waals surface area contributed by atoms with Gasteiger partial charge in [0.25, 0.3) is 0 Å². The molecule has 2 N–H and O–H groups in total. The van der Waals surface area contributed by atoms with Crippen LogP contribution in [0.5, 0.6) is 5.75 Å². The Morgan fingerprint density at radius 1 is 1.41 bits per heavy atom. The molecule has 0 radical (unpaired) electrons. The van der Waals surface area contributed by atoms with Gasteiger partial charge in [0.05, 0.1) is 12.4 Å². The van der Waals surface area contributed by atoms with Gasteiger partial charge in [-0.3, -0.25) is 4.98 Å². The molecule has 0 amide bonds. The fourth-order valence-corrected chi connectivity index (χ4v) is 1.42. The number of aromatic nitrogens is 2. The van der Waals surface area contributed by atoms with E-state index in [0.29, 0.717) is 18.1 Å². The van der Waals surface area contributed by atoms with Gasteiger partial charge in [0.2, 0.25) is 0 Å². The molecule has 0 saturated carbocycles. The topological polar surface area (TPSA) is 74.2 Å². The lowest BCUT2D eigenvalue weighted by Gasteiger charge is -2.06. The monoisotopic (exact) mass is 233 g/mol. The first kappa shape index (κ1) is 11.6. The minimum Gasteiger partial charge on any atom is -0.484 e. The van der Waals surface area contributed by atoms with Crippen LogP contribution >= 0.6 is 0 Å². The summed E-state index contributed by atoms with van der Waals surface area (Å²) in [6.45, 7) is 2.31. The first-order valence-electron chi connectivity index (χ1n) is 5.47. The van der Waals surface area contributed by atoms with Gasteiger partial charge in [-0.15, -0.1) is 0 Å². The van der Waals surface area contributed by atoms with Crippen molar-refractivity contribution in [2.45, 2.75) is 26.0 Å². The molecule has 0 bridgehead atoms. The van der Waals surface area contributed by atoms with Gasteiger partial charge in [-0.25, -0.2) is 0 Å². The summed E-state index contributed by atoms with van der Waals surface area (Å²) in [7, 11) is 0. The van der Waals surface area contributed by atoms with Crippen LogP contribution in [-0.4, -0.2) is 16.2 Å². The third-order valence-electron chi connectivity index (χ3n) is 2.20. The molecule has 1 unspecified atom stereocenters. The highest BCUT2D eigenvalue weighted by Crippen LogP contribution is 2.12. The van der Waals surface area contributed by atoms with Crippen LogP contribution in [0.2, 0.25) is 0 Å². The van der Waals surface area contributed by atoms with E-state index in [1.54, 1.807) is 18.5 Å². The first-order valence-corrected chi connectivity index (χ1v) is 5.47. The zero-order valence-corrected chi connectivity index (χ0v) is 9.67. The maximum Gasteiger partial charge on any atom is 0.174 e. The zero-order chi connectivity index (χ0) is 12.1. The number of nitrogens with two attached hydrogens (primary N) is 1. The van der Waals surface area contributed by atoms with Gasteiger partial charge in [-0.2, -0.15) is 0 Å². The molecule has 0 aromatic carbocycles. The van der Waals surface area contributed by atoms with Crippen molar-refractivity contribution in [3.8, 4) is 5.75 Å². The Bertz CT molecular complexity index is 437. The molecule has 5 nitrogen and oxygen atoms in total. The highest BCUT2D eigenvalue weighted by Gasteiger charge is 2.02. The van der Waals surface area contributed by atoms with Crippen molar-refractivity contribution in [3.05, 3.63) is 42.0 Å². The molecule has 2 heterocycles. The second kappa shape index (κ2) is 5.45. The number of nitrogens with zero attached hydrogens (tertiary/aromatic N) is 2. The summed E-state index contributed by atoms with van der Waals surface area (Å²) < 4.78 is 10.4. The molecule has 0 fully saturated rings. The average molecular weight is 233 g/mol. The smallest absolute Gasteiger partial charge is 0.174 e. The van der Waals surface area contributed by atoms with Gasteiger partial charge in [0.1, 0.15) is 12.4 Å². The molecule has 17 heavy (non-hydrogen) atoms. The molecular weight excluding hydrogens is 218 g/mol. The van der Waals surface area contributed by atoms with Crippen LogP contribution in [0.3, 0.4) is 0 Å². The molecule has 0 aliphatic heterocycles. The Labute approximate surface area is 99.6 Å². The van der Waals surface area contributed by atoms with Crippen LogP contribution in [0.15, 0.2) is 35.1 Å². The third-order valence-corrected chi connectivity index (χ3v) is 2.20. The fourth-order valence-electron chi connectivity index (χ4n) is 1.42. The summed E-state index contributed by atoms with van der Waals surface area (Å²) in [5.41, 5.74) is 6.66. The van der Waals surface area contributed by atoms with Crippen molar-refractivity contribution in [1.82, 2.24) is 10.1 Å². The maximum absolute atomic E-state index is 5.69. The van der Waals surface area contributed by atoms with E-state index < -0.39 is 0 Å². The number of ether oxygens (including phenoxy) is 1. The van der Waals surface area contributed by atoms with Gasteiger partial charge in [0.15, 0.2) is 5.76 Å². The molecular formula is C12H15N3O2. The Balaban J connectivity index is 1.89. The van der Waals surface area contributed by atoms with E-state index in [1.165, 1.54) is 0 Å². The predicted octanol–water partition coefficient (Wildman–Crippen LogP) is 1.54. The largest absolute Gasteiger partial charge is 0.484 e. The van der Waals surface area contributed by atoms with Gasteiger partial charge < -0.3 is 15.0 Å². The van der Waals surface area contributed by atoms with Crippen molar-refractivity contribution < 1.29 is 9.26 Å². The molecule has 2 aromatic rings. The minimum absolute atomic E-state index is 0.114. The Hall–Kier alpha value is -1.88. The normalized spacial score (nSPS) is 12.4. The lowest BCUT2D eigenvalue weighted by Crippen LogP contribution is -2.18. The zero-order valence-electron chi connectivity index (χ0n) is 9.67. The van der Waals surface area contributed by atoms with E-state index in [9.17, 15) is 0 Å². The third kappa shape index (κ3) is 3.57. The second-order valence-electron chi connectivity index (χ2n) is 3.93. The molecule has 90 valence electrons. The van der Waals surface area contributed by atoms with Crippen LogP contribution in [0.4, 0.5) is 0 Å². The quantitative estimate of drug-likeness (QED) is 0.847. The van der Waals surface area contributed by atoms with Gasteiger partial charge in [-0.05, 0) is 19.1 Å². The lowest BCUT2D eigenvalue weighted by molar-refractivity contribution is 0.248. The van der Waals surface area contributed by atoms with Crippen molar-refractivity contribution in [2.24, 2.45) is 5.73 Å². The van der Waals surface area contributed by atoms with E-state index in [-0.39, 0.29) is 6.04 Å². The van der Waals surface area contributed by atoms with Crippen LogP contribution in [0.1, 0.15) is 18.4 Å². The van der Waals surface area contributed by atoms with Crippen molar-refractivity contribution >= 4 is 0 Å². The van der Waals surface area contributed by atoms with Gasteiger partial charge >= 0.3 is 0 Å². The molecule has 0 spiro atoms. The van der Waals surface area contributed by atoms with Crippen molar-refractivity contribution in [1.29, 1.82) is 0 Å². The number of rotatable bonds is 5. The summed E-state index contributed by atoms with van der Waals surface area (Å²) in [5, 5.41) is 3.60. The van der Waals surface area contributed by atoms with E-state index >= 15 is 0 Å². The van der Waals surface area contributed by atoms with Crippen LogP contribution in [-0.2, 0) is 13.0 Å². The molecule has 0 saturated heterocycles. The van der Waals surface area contributed by atoms with E-state index in [1.807, 2.05) is 19.1 Å². The molecule has 0 aliphatic rings. The second-order valence-corrected chi connectivity index (χ2v) is 3.93. The number of pyridine rings is 1. The summed E-state index contributed by atoms with van der Waals surface area (Å²) in [5.74, 6) is 1.39. The van der Waals surface area contributed by atoms with Crippen molar-refractivity contribution in [3.63, 3.8) is 0 Å². The number of hydrogen-bond acceptors (Lipinski definition) is 5. The van der Waals surface area contributed by atoms with Crippen LogP contribution in [0.25, 0.3) is 0 Å². The average Bonchev–Trinajstić information content (AvgIpc) is 2.80. The van der Waals surface area contributed by atoms with E-state index in [4.69, 9.17) is 15.0 Å². The molecule has 0 aliphatic carbocycles. The summed E-state index contributed by atoms with van der Waals surface area (Å²) in [6, 6.07) is 5.67. The Kier molecular flexibility index (Phi) is 3.72. The van der Waals surface area contributed by atoms with E-state index in [2.05, 4.69) is 10.1 Å². The Morgan fingerprint density at radius 3 is 2.88 bits per heavy atom. The van der Waals surface area contributed by atoms with Gasteiger partial charge in [-0.1, -0.05) is 5.16 Å². The lowest BCUT2D eigenvalue weighted by atomic mass is 10.2.